The molecule has 0 aliphatic heterocycles. The van der Waals surface area contributed by atoms with Crippen LogP contribution in [-0.4, -0.2) is 27.9 Å². The molecule has 0 aliphatic carbocycles. The van der Waals surface area contributed by atoms with Crippen LogP contribution in [0, 0.1) is 0 Å². The molecular formula is C8H5Cl5F6N4O4P2S3. The van der Waals surface area contributed by atoms with E-state index < -0.39 is 56.8 Å². The fourth-order valence-electron chi connectivity index (χ4n) is 1.41. The molecule has 0 aromatic heterocycles. The second-order valence-corrected chi connectivity index (χ2v) is 22.8. The van der Waals surface area contributed by atoms with Gasteiger partial charge in [-0.25, -0.2) is 0 Å². The molecule has 32 heavy (non-hydrogen) atoms. The fourth-order valence-corrected chi connectivity index (χ4v) is 17.4. The van der Waals surface area contributed by atoms with Gasteiger partial charge in [-0.05, 0) is 68.3 Å². The van der Waals surface area contributed by atoms with E-state index in [1.54, 1.807) is 0 Å². The van der Waals surface area contributed by atoms with Crippen LogP contribution in [0.3, 0.4) is 0 Å². The van der Waals surface area contributed by atoms with Gasteiger partial charge in [0.1, 0.15) is 9.81 Å². The van der Waals surface area contributed by atoms with Crippen molar-refractivity contribution >= 4 is 97.1 Å². The Labute approximate surface area is 201 Å². The van der Waals surface area contributed by atoms with E-state index in [9.17, 15) is 43.2 Å². The van der Waals surface area contributed by atoms with Crippen LogP contribution in [0.25, 0.3) is 0 Å². The lowest BCUT2D eigenvalue weighted by Crippen LogP contribution is -2.24. The molecule has 0 radical (unpaired) electrons. The predicted octanol–water partition coefficient (Wildman–Crippen LogP) is 8.27. The summed E-state index contributed by atoms with van der Waals surface area (Å²) in [6.07, 6.45) is 0. The van der Waals surface area contributed by atoms with E-state index in [0.717, 1.165) is 12.1 Å². The van der Waals surface area contributed by atoms with Gasteiger partial charge in [-0.3, -0.25) is 0 Å². The standard InChI is InChI=1S/C8H5Cl5F6N4O4P2S3/c9-28(10,11)20-29(12,13)21-30(6-4-2-1-3-5-6,22-31(24,25)7(14,15)16)23-32(26,27)8(17,18)19/h1-5H. The Kier molecular flexibility index (Phi) is 9.47. The highest BCUT2D eigenvalue weighted by molar-refractivity contribution is 8.30. The zero-order valence-corrected chi connectivity index (χ0v) is 22.1. The Morgan fingerprint density at radius 2 is 1.09 bits per heavy atom. The van der Waals surface area contributed by atoms with Gasteiger partial charge in [0, 0.05) is 0 Å². The zero-order valence-electron chi connectivity index (χ0n) is 14.1. The minimum Gasteiger partial charge on any atom is -0.194 e. The quantitative estimate of drug-likeness (QED) is 0.232. The highest BCUT2D eigenvalue weighted by atomic mass is 36.0. The van der Waals surface area contributed by atoms with Crippen molar-refractivity contribution in [3.63, 3.8) is 0 Å². The molecule has 0 saturated heterocycles. The molecule has 0 fully saturated rings. The number of halogens is 11. The van der Waals surface area contributed by atoms with E-state index in [-0.39, 0.29) is 0 Å². The summed E-state index contributed by atoms with van der Waals surface area (Å²) >= 11 is 27.7. The average molecular weight is 671 g/mol. The number of nitrogens with zero attached hydrogens (tertiary/aromatic N) is 4. The van der Waals surface area contributed by atoms with Crippen molar-refractivity contribution in [1.29, 1.82) is 0 Å². The Hall–Kier alpha value is 0.560. The third kappa shape index (κ3) is 8.35. The van der Waals surface area contributed by atoms with Crippen molar-refractivity contribution < 1.29 is 43.2 Å². The SMILES string of the molecule is O=S(=O)(N=S(N=P(Cl)(Cl)N=P(Cl)(Cl)Cl)(=NS(=O)(=O)C(F)(F)F)c1ccccc1)C(F)(F)F. The summed E-state index contributed by atoms with van der Waals surface area (Å²) in [7, 11) is -18.7. The van der Waals surface area contributed by atoms with Crippen molar-refractivity contribution in [2.45, 2.75) is 15.9 Å². The lowest BCUT2D eigenvalue weighted by molar-refractivity contribution is -0.0439. The minimum absolute atomic E-state index is 0.682. The second kappa shape index (κ2) is 9.90. The highest BCUT2D eigenvalue weighted by Crippen LogP contribution is 2.77. The molecule has 0 heterocycles. The molecule has 1 aromatic rings. The Morgan fingerprint density at radius 1 is 0.719 bits per heavy atom. The van der Waals surface area contributed by atoms with E-state index in [2.05, 4.69) is 16.2 Å². The van der Waals surface area contributed by atoms with Crippen LogP contribution in [0.15, 0.2) is 51.4 Å². The third-order valence-corrected chi connectivity index (χ3v) is 15.3. The molecule has 0 spiro atoms. The lowest BCUT2D eigenvalue weighted by atomic mass is 10.4. The first-order chi connectivity index (χ1) is 13.9. The maximum Gasteiger partial charge on any atom is 0.519 e. The topological polar surface area (TPSA) is 118 Å². The van der Waals surface area contributed by atoms with Crippen LogP contribution in [0.2, 0.25) is 0 Å². The smallest absolute Gasteiger partial charge is 0.194 e. The van der Waals surface area contributed by atoms with E-state index in [4.69, 9.17) is 56.2 Å². The number of sulfonamides is 2. The first kappa shape index (κ1) is 30.6. The van der Waals surface area contributed by atoms with Crippen LogP contribution >= 0.6 is 67.2 Å². The molecule has 0 N–H and O–H groups in total. The van der Waals surface area contributed by atoms with E-state index in [0.29, 0.717) is 12.1 Å². The van der Waals surface area contributed by atoms with Gasteiger partial charge in [-0.15, -0.1) is 0 Å². The molecule has 0 bridgehead atoms. The van der Waals surface area contributed by atoms with Gasteiger partial charge in [0.05, 0.1) is 4.90 Å². The molecule has 1 rings (SSSR count). The van der Waals surface area contributed by atoms with Crippen LogP contribution in [-0.2, 0) is 29.9 Å². The molecule has 186 valence electrons. The summed E-state index contributed by atoms with van der Waals surface area (Å²) in [5.74, 6) is -4.69. The Bertz CT molecular complexity index is 1260. The van der Waals surface area contributed by atoms with Gasteiger partial charge in [0.25, 0.3) is 5.91 Å². The molecule has 1 aromatic carbocycles. The molecule has 0 aliphatic rings. The average Bonchev–Trinajstić information content (AvgIpc) is 2.49. The first-order valence-corrected chi connectivity index (χ1v) is 19.0. The van der Waals surface area contributed by atoms with Gasteiger partial charge in [-0.2, -0.15) is 51.8 Å². The zero-order chi connectivity index (χ0) is 25.4. The number of hydrogen-bond acceptors (Lipinski definition) is 4. The predicted molar refractivity (Wildman–Crippen MR) is 115 cm³/mol. The second-order valence-electron chi connectivity index (χ2n) is 4.87. The molecule has 8 nitrogen and oxygen atoms in total. The third-order valence-electron chi connectivity index (χ3n) is 2.47. The van der Waals surface area contributed by atoms with Gasteiger partial charge < -0.3 is 0 Å². The molecular weight excluding hydrogens is 666 g/mol. The molecule has 0 amide bonds. The minimum atomic E-state index is -6.73. The largest absolute Gasteiger partial charge is 0.519 e. The van der Waals surface area contributed by atoms with Gasteiger partial charge in [-0.1, -0.05) is 25.7 Å². The summed E-state index contributed by atoms with van der Waals surface area (Å²) in [4.78, 5) is -0.954. The van der Waals surface area contributed by atoms with E-state index in [1.807, 2.05) is 0 Å². The normalized spacial score (nSPS) is 14.6. The first-order valence-electron chi connectivity index (χ1n) is 6.68. The van der Waals surface area contributed by atoms with Crippen molar-refractivity contribution in [3.05, 3.63) is 30.3 Å². The maximum absolute atomic E-state index is 13.0. The van der Waals surface area contributed by atoms with Crippen molar-refractivity contribution in [2.24, 2.45) is 16.2 Å². The summed E-state index contributed by atoms with van der Waals surface area (Å²) in [5.41, 5.74) is -12.4. The molecule has 0 saturated carbocycles. The van der Waals surface area contributed by atoms with Crippen LogP contribution in [0.5, 0.6) is 0 Å². The van der Waals surface area contributed by atoms with Crippen LogP contribution < -0.4 is 0 Å². The monoisotopic (exact) mass is 668 g/mol. The summed E-state index contributed by atoms with van der Waals surface area (Å²) in [6, 6.07) is 4.49. The van der Waals surface area contributed by atoms with Crippen molar-refractivity contribution in [1.82, 2.24) is 0 Å². The van der Waals surface area contributed by atoms with Crippen molar-refractivity contribution in [3.8, 4) is 0 Å². The number of alkyl halides is 6. The van der Waals surface area contributed by atoms with Crippen LogP contribution in [0.4, 0.5) is 26.3 Å². The highest BCUT2D eigenvalue weighted by Gasteiger charge is 2.50. The summed E-state index contributed by atoms with van der Waals surface area (Å²) in [6.45, 7) is 0. The summed E-state index contributed by atoms with van der Waals surface area (Å²) < 4.78 is 136. The molecule has 0 atom stereocenters. The van der Waals surface area contributed by atoms with Crippen LogP contribution in [0.1, 0.15) is 0 Å². The molecule has 0 unspecified atom stereocenters. The Morgan fingerprint density at radius 3 is 1.41 bits per heavy atom. The maximum atomic E-state index is 13.0. The van der Waals surface area contributed by atoms with E-state index >= 15 is 0 Å². The number of rotatable bonds is 5. The van der Waals surface area contributed by atoms with Crippen molar-refractivity contribution in [2.75, 3.05) is 0 Å². The van der Waals surface area contributed by atoms with Gasteiger partial charge >= 0.3 is 31.1 Å². The van der Waals surface area contributed by atoms with Gasteiger partial charge in [0.2, 0.25) is 5.11 Å². The summed E-state index contributed by atoms with van der Waals surface area (Å²) in [5, 5.41) is -3.96. The number of hydrogen-bond donors (Lipinski definition) is 0. The fraction of sp³-hybridized carbons (Fsp3) is 0.250. The number of benzene rings is 1. The Balaban J connectivity index is 4.58. The van der Waals surface area contributed by atoms with E-state index in [1.165, 1.54) is 6.07 Å². The lowest BCUT2D eigenvalue weighted by Gasteiger charge is -2.16. The molecule has 24 heteroatoms. The van der Waals surface area contributed by atoms with Gasteiger partial charge in [0.15, 0.2) is 0 Å².